The summed E-state index contributed by atoms with van der Waals surface area (Å²) in [5.41, 5.74) is 2.45. The molecule has 0 aliphatic carbocycles. The summed E-state index contributed by atoms with van der Waals surface area (Å²) in [6, 6.07) is 20.9. The van der Waals surface area contributed by atoms with Crippen LogP contribution in [0.5, 0.6) is 5.75 Å². The second-order valence-corrected chi connectivity index (χ2v) is 6.15. The Morgan fingerprint density at radius 3 is 2.41 bits per heavy atom. The molecule has 0 aliphatic heterocycles. The summed E-state index contributed by atoms with van der Waals surface area (Å²) in [4.78, 5) is 13.1. The number of hydrogen-bond acceptors (Lipinski definition) is 3. The molecule has 0 bridgehead atoms. The van der Waals surface area contributed by atoms with Crippen molar-refractivity contribution in [2.75, 3.05) is 7.11 Å². The van der Waals surface area contributed by atoms with Crippen LogP contribution in [0.2, 0.25) is 0 Å². The van der Waals surface area contributed by atoms with Gasteiger partial charge in [0.25, 0.3) is 5.91 Å². The van der Waals surface area contributed by atoms with Crippen molar-refractivity contribution >= 4 is 17.6 Å². The zero-order valence-electron chi connectivity index (χ0n) is 15.5. The van der Waals surface area contributed by atoms with Gasteiger partial charge in [0.15, 0.2) is 0 Å². The highest BCUT2D eigenvalue weighted by molar-refractivity contribution is 6.24. The van der Waals surface area contributed by atoms with Gasteiger partial charge in [0.1, 0.15) is 11.5 Å². The van der Waals surface area contributed by atoms with Crippen LogP contribution >= 0.6 is 0 Å². The summed E-state index contributed by atoms with van der Waals surface area (Å²) < 4.78 is 10.6. The van der Waals surface area contributed by atoms with Gasteiger partial charge in [-0.15, -0.1) is 0 Å². The van der Waals surface area contributed by atoms with E-state index in [0.717, 1.165) is 23.3 Å². The minimum Gasteiger partial charge on any atom is -0.497 e. The van der Waals surface area contributed by atoms with E-state index in [4.69, 9.17) is 9.15 Å². The fourth-order valence-corrected chi connectivity index (χ4v) is 2.91. The quantitative estimate of drug-likeness (QED) is 0.596. The van der Waals surface area contributed by atoms with Crippen molar-refractivity contribution in [3.05, 3.63) is 89.9 Å². The predicted octanol–water partition coefficient (Wildman–Crippen LogP) is 5.10. The number of carbonyl (C=O) groups excluding carboxylic acids is 1. The SMILES string of the molecule is CC[C@H](NC(=O)/C(=C/c1ccco1)c1ccccc1)c1ccc(OC)cc1. The average molecular weight is 361 g/mol. The van der Waals surface area contributed by atoms with Gasteiger partial charge < -0.3 is 14.5 Å². The van der Waals surface area contributed by atoms with Crippen LogP contribution < -0.4 is 10.1 Å². The van der Waals surface area contributed by atoms with E-state index in [0.29, 0.717) is 11.3 Å². The van der Waals surface area contributed by atoms with Crippen LogP contribution in [0, 0.1) is 0 Å². The molecular formula is C23H23NO3. The van der Waals surface area contributed by atoms with Gasteiger partial charge >= 0.3 is 0 Å². The maximum absolute atomic E-state index is 13.1. The van der Waals surface area contributed by atoms with Crippen molar-refractivity contribution in [2.24, 2.45) is 0 Å². The summed E-state index contributed by atoms with van der Waals surface area (Å²) in [7, 11) is 1.64. The lowest BCUT2D eigenvalue weighted by Gasteiger charge is -2.19. The van der Waals surface area contributed by atoms with Gasteiger partial charge in [0.2, 0.25) is 0 Å². The highest BCUT2D eigenvalue weighted by atomic mass is 16.5. The molecule has 0 saturated heterocycles. The van der Waals surface area contributed by atoms with E-state index in [9.17, 15) is 4.79 Å². The Labute approximate surface area is 159 Å². The normalized spacial score (nSPS) is 12.4. The van der Waals surface area contributed by atoms with E-state index in [-0.39, 0.29) is 11.9 Å². The Morgan fingerprint density at radius 1 is 1.07 bits per heavy atom. The molecule has 0 radical (unpaired) electrons. The number of rotatable bonds is 7. The monoisotopic (exact) mass is 361 g/mol. The van der Waals surface area contributed by atoms with E-state index in [1.54, 1.807) is 25.5 Å². The number of ether oxygens (including phenoxy) is 1. The molecule has 4 nitrogen and oxygen atoms in total. The molecule has 0 fully saturated rings. The molecule has 27 heavy (non-hydrogen) atoms. The lowest BCUT2D eigenvalue weighted by atomic mass is 10.0. The van der Waals surface area contributed by atoms with Crippen LogP contribution in [0.25, 0.3) is 11.6 Å². The van der Waals surface area contributed by atoms with Gasteiger partial charge in [0.05, 0.1) is 25.0 Å². The molecule has 0 aliphatic rings. The fourth-order valence-electron chi connectivity index (χ4n) is 2.91. The third-order valence-corrected chi connectivity index (χ3v) is 4.39. The van der Waals surface area contributed by atoms with Crippen molar-refractivity contribution in [3.63, 3.8) is 0 Å². The van der Waals surface area contributed by atoms with Crippen molar-refractivity contribution < 1.29 is 13.9 Å². The van der Waals surface area contributed by atoms with Gasteiger partial charge in [0, 0.05) is 0 Å². The van der Waals surface area contributed by atoms with Crippen molar-refractivity contribution in [1.29, 1.82) is 0 Å². The first-order valence-electron chi connectivity index (χ1n) is 8.96. The Bertz CT molecular complexity index is 881. The zero-order valence-corrected chi connectivity index (χ0v) is 15.5. The number of furan rings is 1. The van der Waals surface area contributed by atoms with Crippen LogP contribution in [0.3, 0.4) is 0 Å². The smallest absolute Gasteiger partial charge is 0.252 e. The summed E-state index contributed by atoms with van der Waals surface area (Å²) >= 11 is 0. The first-order valence-corrected chi connectivity index (χ1v) is 8.96. The number of amides is 1. The Balaban J connectivity index is 1.86. The summed E-state index contributed by atoms with van der Waals surface area (Å²) in [5.74, 6) is 1.30. The summed E-state index contributed by atoms with van der Waals surface area (Å²) in [6.07, 6.45) is 4.14. The van der Waals surface area contributed by atoms with Crippen LogP contribution in [0.4, 0.5) is 0 Å². The number of nitrogens with one attached hydrogen (secondary N) is 1. The van der Waals surface area contributed by atoms with Crippen molar-refractivity contribution in [1.82, 2.24) is 5.32 Å². The van der Waals surface area contributed by atoms with Crippen LogP contribution in [0.15, 0.2) is 77.4 Å². The Kier molecular flexibility index (Phi) is 6.10. The maximum Gasteiger partial charge on any atom is 0.252 e. The molecule has 138 valence electrons. The van der Waals surface area contributed by atoms with E-state index >= 15 is 0 Å². The minimum atomic E-state index is -0.139. The van der Waals surface area contributed by atoms with Crippen LogP contribution in [0.1, 0.15) is 36.3 Å². The third kappa shape index (κ3) is 4.67. The molecule has 1 heterocycles. The van der Waals surface area contributed by atoms with Crippen molar-refractivity contribution in [3.8, 4) is 5.75 Å². The zero-order chi connectivity index (χ0) is 19.1. The molecule has 0 saturated carbocycles. The summed E-state index contributed by atoms with van der Waals surface area (Å²) in [5, 5.41) is 3.14. The third-order valence-electron chi connectivity index (χ3n) is 4.39. The molecule has 0 unspecified atom stereocenters. The highest BCUT2D eigenvalue weighted by Crippen LogP contribution is 2.23. The molecule has 0 spiro atoms. The fraction of sp³-hybridized carbons (Fsp3) is 0.174. The van der Waals surface area contributed by atoms with E-state index < -0.39 is 0 Å². The first-order chi connectivity index (χ1) is 13.2. The average Bonchev–Trinajstić information content (AvgIpc) is 3.24. The van der Waals surface area contributed by atoms with E-state index in [1.165, 1.54) is 0 Å². The lowest BCUT2D eigenvalue weighted by Crippen LogP contribution is -2.28. The molecule has 1 atom stereocenters. The molecule has 3 aromatic rings. The second-order valence-electron chi connectivity index (χ2n) is 6.15. The second kappa shape index (κ2) is 8.90. The minimum absolute atomic E-state index is 0.0906. The van der Waals surface area contributed by atoms with Crippen molar-refractivity contribution in [2.45, 2.75) is 19.4 Å². The maximum atomic E-state index is 13.1. The topological polar surface area (TPSA) is 51.5 Å². The van der Waals surface area contributed by atoms with Gasteiger partial charge in [-0.05, 0) is 47.9 Å². The number of carbonyl (C=O) groups is 1. The Morgan fingerprint density at radius 2 is 1.81 bits per heavy atom. The van der Waals surface area contributed by atoms with Gasteiger partial charge in [-0.25, -0.2) is 0 Å². The molecule has 2 aromatic carbocycles. The van der Waals surface area contributed by atoms with Gasteiger partial charge in [-0.3, -0.25) is 4.79 Å². The number of methoxy groups -OCH3 is 1. The first kappa shape index (κ1) is 18.5. The molecular weight excluding hydrogens is 338 g/mol. The molecule has 1 N–H and O–H groups in total. The number of benzene rings is 2. The van der Waals surface area contributed by atoms with Crippen LogP contribution in [-0.2, 0) is 4.79 Å². The predicted molar refractivity (Wildman–Crippen MR) is 107 cm³/mol. The largest absolute Gasteiger partial charge is 0.497 e. The Hall–Kier alpha value is -3.27. The molecule has 1 aromatic heterocycles. The highest BCUT2D eigenvalue weighted by Gasteiger charge is 2.18. The van der Waals surface area contributed by atoms with Crippen LogP contribution in [-0.4, -0.2) is 13.0 Å². The van der Waals surface area contributed by atoms with E-state index in [2.05, 4.69) is 5.32 Å². The molecule has 4 heteroatoms. The summed E-state index contributed by atoms with van der Waals surface area (Å²) in [6.45, 7) is 2.05. The van der Waals surface area contributed by atoms with Gasteiger partial charge in [-0.1, -0.05) is 49.4 Å². The van der Waals surface area contributed by atoms with Gasteiger partial charge in [-0.2, -0.15) is 0 Å². The molecule has 1 amide bonds. The van der Waals surface area contributed by atoms with E-state index in [1.807, 2.05) is 67.6 Å². The standard InChI is InChI=1S/C23H23NO3/c1-3-22(18-11-13-19(26-2)14-12-18)24-23(25)21(16-20-10-7-15-27-20)17-8-5-4-6-9-17/h4-16,22H,3H2,1-2H3,(H,24,25)/b21-16+/t22-/m0/s1. The number of hydrogen-bond donors (Lipinski definition) is 1. The molecule has 3 rings (SSSR count). The lowest BCUT2D eigenvalue weighted by molar-refractivity contribution is -0.116.